The summed E-state index contributed by atoms with van der Waals surface area (Å²) in [5.74, 6) is -0.459. The van der Waals surface area contributed by atoms with E-state index in [0.29, 0.717) is 16.3 Å². The minimum absolute atomic E-state index is 0.268. The summed E-state index contributed by atoms with van der Waals surface area (Å²) < 4.78 is 0. The van der Waals surface area contributed by atoms with Gasteiger partial charge in [0.15, 0.2) is 0 Å². The molecule has 2 amide bonds. The number of hydrogen-bond donors (Lipinski definition) is 0. The van der Waals surface area contributed by atoms with Gasteiger partial charge in [-0.3, -0.25) is 9.59 Å². The highest BCUT2D eigenvalue weighted by molar-refractivity contribution is 6.34. The first kappa shape index (κ1) is 12.8. The normalized spacial score (nSPS) is 13.8. The van der Waals surface area contributed by atoms with Crippen molar-refractivity contribution in [3.63, 3.8) is 0 Å². The van der Waals surface area contributed by atoms with Gasteiger partial charge >= 0.3 is 0 Å². The van der Waals surface area contributed by atoms with Crippen LogP contribution in [0.4, 0.5) is 5.82 Å². The van der Waals surface area contributed by atoms with Crippen molar-refractivity contribution in [2.24, 2.45) is 0 Å². The van der Waals surface area contributed by atoms with E-state index in [9.17, 15) is 9.59 Å². The van der Waals surface area contributed by atoms with Crippen LogP contribution in [0.1, 0.15) is 31.8 Å². The molecule has 1 aromatic carbocycles. The summed E-state index contributed by atoms with van der Waals surface area (Å²) in [5.41, 5.74) is 2.52. The third-order valence-electron chi connectivity index (χ3n) is 3.48. The van der Waals surface area contributed by atoms with Crippen LogP contribution >= 0.6 is 11.6 Å². The molecule has 20 heavy (non-hydrogen) atoms. The molecule has 5 heteroatoms. The molecule has 2 heterocycles. The van der Waals surface area contributed by atoms with Gasteiger partial charge in [-0.2, -0.15) is 0 Å². The molecule has 1 aliphatic rings. The van der Waals surface area contributed by atoms with E-state index < -0.39 is 0 Å². The summed E-state index contributed by atoms with van der Waals surface area (Å²) in [6.07, 6.45) is 0. The van der Waals surface area contributed by atoms with Crippen molar-refractivity contribution in [1.29, 1.82) is 0 Å². The third-order valence-corrected chi connectivity index (χ3v) is 3.85. The van der Waals surface area contributed by atoms with Gasteiger partial charge in [-0.05, 0) is 43.2 Å². The van der Waals surface area contributed by atoms with Crippen LogP contribution in [-0.2, 0) is 0 Å². The molecule has 4 nitrogen and oxygen atoms in total. The molecule has 0 saturated carbocycles. The molecule has 3 rings (SSSR count). The zero-order valence-corrected chi connectivity index (χ0v) is 11.7. The molecule has 0 bridgehead atoms. The lowest BCUT2D eigenvalue weighted by molar-refractivity contribution is 0.0925. The van der Waals surface area contributed by atoms with Gasteiger partial charge in [-0.15, -0.1) is 0 Å². The summed E-state index contributed by atoms with van der Waals surface area (Å²) in [7, 11) is 0. The second kappa shape index (κ2) is 4.42. The number of aryl methyl sites for hydroxylation is 1. The smallest absolute Gasteiger partial charge is 0.267 e. The SMILES string of the molecule is Cc1cc(N2C(=O)c3ccccc3C2=O)nc(Cl)c1C. The molecule has 2 aromatic rings. The number of pyridine rings is 1. The molecule has 0 spiro atoms. The second-order valence-corrected chi connectivity index (χ2v) is 5.06. The Hall–Kier alpha value is -2.20. The van der Waals surface area contributed by atoms with Gasteiger partial charge in [0.2, 0.25) is 0 Å². The molecule has 0 saturated heterocycles. The minimum Gasteiger partial charge on any atom is -0.268 e. The fourth-order valence-electron chi connectivity index (χ4n) is 2.19. The topological polar surface area (TPSA) is 50.3 Å². The first-order valence-electron chi connectivity index (χ1n) is 6.12. The number of benzene rings is 1. The maximum atomic E-state index is 12.3. The lowest BCUT2D eigenvalue weighted by Gasteiger charge is -2.15. The standard InChI is InChI=1S/C15H11ClN2O2/c1-8-7-12(17-13(16)9(8)2)18-14(19)10-5-3-4-6-11(10)15(18)20/h3-7H,1-2H3. The van der Waals surface area contributed by atoms with Crippen LogP contribution in [0.25, 0.3) is 0 Å². The number of carbonyl (C=O) groups excluding carboxylic acids is 2. The molecule has 0 atom stereocenters. The monoisotopic (exact) mass is 286 g/mol. The molecular weight excluding hydrogens is 276 g/mol. The number of amides is 2. The first-order chi connectivity index (χ1) is 9.50. The Morgan fingerprint density at radius 1 is 1.05 bits per heavy atom. The predicted molar refractivity (Wildman–Crippen MR) is 76.3 cm³/mol. The predicted octanol–water partition coefficient (Wildman–Crippen LogP) is 3.15. The van der Waals surface area contributed by atoms with E-state index in [4.69, 9.17) is 11.6 Å². The van der Waals surface area contributed by atoms with E-state index in [1.165, 1.54) is 0 Å². The largest absolute Gasteiger partial charge is 0.268 e. The molecule has 1 aliphatic heterocycles. The Bertz CT molecular complexity index is 697. The molecule has 0 N–H and O–H groups in total. The zero-order valence-electron chi connectivity index (χ0n) is 11.0. The fraction of sp³-hybridized carbons (Fsp3) is 0.133. The number of nitrogens with zero attached hydrogens (tertiary/aromatic N) is 2. The van der Waals surface area contributed by atoms with E-state index >= 15 is 0 Å². The van der Waals surface area contributed by atoms with Crippen molar-refractivity contribution in [3.8, 4) is 0 Å². The maximum absolute atomic E-state index is 12.3. The fourth-order valence-corrected chi connectivity index (χ4v) is 2.43. The number of anilines is 1. The summed E-state index contributed by atoms with van der Waals surface area (Å²) in [4.78, 5) is 29.9. The highest BCUT2D eigenvalue weighted by Crippen LogP contribution is 2.29. The van der Waals surface area contributed by atoms with Crippen LogP contribution in [0, 0.1) is 13.8 Å². The molecular formula is C15H11ClN2O2. The average molecular weight is 287 g/mol. The number of aromatic nitrogens is 1. The van der Waals surface area contributed by atoms with Crippen molar-refractivity contribution in [2.45, 2.75) is 13.8 Å². The number of carbonyl (C=O) groups is 2. The highest BCUT2D eigenvalue weighted by Gasteiger charge is 2.37. The zero-order chi connectivity index (χ0) is 14.4. The maximum Gasteiger partial charge on any atom is 0.267 e. The molecule has 100 valence electrons. The van der Waals surface area contributed by atoms with Gasteiger partial charge < -0.3 is 0 Å². The lowest BCUT2D eigenvalue weighted by Crippen LogP contribution is -2.30. The number of rotatable bonds is 1. The Morgan fingerprint density at radius 2 is 1.60 bits per heavy atom. The Labute approximate surface area is 121 Å². The number of fused-ring (bicyclic) bond motifs is 1. The number of imide groups is 1. The van der Waals surface area contributed by atoms with Crippen LogP contribution in [0.15, 0.2) is 30.3 Å². The van der Waals surface area contributed by atoms with E-state index in [-0.39, 0.29) is 17.6 Å². The first-order valence-corrected chi connectivity index (χ1v) is 6.50. The van der Waals surface area contributed by atoms with Crippen LogP contribution in [-0.4, -0.2) is 16.8 Å². The van der Waals surface area contributed by atoms with Crippen LogP contribution in [0.2, 0.25) is 5.15 Å². The van der Waals surface area contributed by atoms with E-state index in [1.807, 2.05) is 13.8 Å². The summed E-state index contributed by atoms with van der Waals surface area (Å²) in [6.45, 7) is 3.71. The molecule has 0 aliphatic carbocycles. The van der Waals surface area contributed by atoms with Gasteiger partial charge in [0.1, 0.15) is 11.0 Å². The lowest BCUT2D eigenvalue weighted by atomic mass is 10.1. The molecule has 0 fully saturated rings. The van der Waals surface area contributed by atoms with E-state index in [0.717, 1.165) is 16.0 Å². The molecule has 1 aromatic heterocycles. The summed E-state index contributed by atoms with van der Waals surface area (Å²) >= 11 is 6.04. The molecule has 0 radical (unpaired) electrons. The van der Waals surface area contributed by atoms with Gasteiger partial charge in [0.25, 0.3) is 11.8 Å². The summed E-state index contributed by atoms with van der Waals surface area (Å²) in [5, 5.41) is 0.302. The average Bonchev–Trinajstić information content (AvgIpc) is 2.68. The van der Waals surface area contributed by atoms with Crippen molar-refractivity contribution in [1.82, 2.24) is 4.98 Å². The quantitative estimate of drug-likeness (QED) is 0.598. The van der Waals surface area contributed by atoms with Crippen molar-refractivity contribution in [2.75, 3.05) is 4.90 Å². The Morgan fingerprint density at radius 3 is 2.10 bits per heavy atom. The van der Waals surface area contributed by atoms with E-state index in [1.54, 1.807) is 30.3 Å². The van der Waals surface area contributed by atoms with Crippen LogP contribution in [0.5, 0.6) is 0 Å². The second-order valence-electron chi connectivity index (χ2n) is 4.70. The molecule has 0 unspecified atom stereocenters. The highest BCUT2D eigenvalue weighted by atomic mass is 35.5. The minimum atomic E-state index is -0.364. The Balaban J connectivity index is 2.14. The third kappa shape index (κ3) is 1.72. The number of hydrogen-bond acceptors (Lipinski definition) is 3. The summed E-state index contributed by atoms with van der Waals surface area (Å²) in [6, 6.07) is 8.43. The van der Waals surface area contributed by atoms with Crippen molar-refractivity contribution < 1.29 is 9.59 Å². The Kier molecular flexibility index (Phi) is 2.83. The van der Waals surface area contributed by atoms with Crippen LogP contribution < -0.4 is 4.90 Å². The van der Waals surface area contributed by atoms with Gasteiger partial charge in [0, 0.05) is 0 Å². The van der Waals surface area contributed by atoms with Crippen LogP contribution in [0.3, 0.4) is 0 Å². The van der Waals surface area contributed by atoms with Crippen molar-refractivity contribution in [3.05, 3.63) is 57.7 Å². The number of halogens is 1. The van der Waals surface area contributed by atoms with Gasteiger partial charge in [-0.1, -0.05) is 23.7 Å². The van der Waals surface area contributed by atoms with E-state index in [2.05, 4.69) is 4.98 Å². The van der Waals surface area contributed by atoms with Gasteiger partial charge in [0.05, 0.1) is 11.1 Å². The van der Waals surface area contributed by atoms with Crippen molar-refractivity contribution >= 4 is 29.2 Å². The van der Waals surface area contributed by atoms with Gasteiger partial charge in [-0.25, -0.2) is 9.88 Å².